The zero-order valence-electron chi connectivity index (χ0n) is 9.90. The molecule has 0 bridgehead atoms. The Morgan fingerprint density at radius 2 is 2.06 bits per heavy atom. The molecule has 2 heterocycles. The highest BCUT2D eigenvalue weighted by Gasteiger charge is 2.29. The van der Waals surface area contributed by atoms with Gasteiger partial charge in [0, 0.05) is 49.8 Å². The summed E-state index contributed by atoms with van der Waals surface area (Å²) < 4.78 is 1.21. The van der Waals surface area contributed by atoms with Crippen molar-refractivity contribution in [3.8, 4) is 0 Å². The summed E-state index contributed by atoms with van der Waals surface area (Å²) in [6, 6.07) is 9.19. The number of piperazine rings is 2. The molecule has 1 unspecified atom stereocenters. The number of hydrogen-bond donors (Lipinski definition) is 1. The van der Waals surface area contributed by atoms with Crippen molar-refractivity contribution < 1.29 is 0 Å². The molecule has 3 nitrogen and oxygen atoms in total. The number of halogens is 1. The molecule has 92 valence electrons. The van der Waals surface area contributed by atoms with Crippen LogP contribution in [0.1, 0.15) is 0 Å². The van der Waals surface area contributed by atoms with Crippen molar-refractivity contribution >= 4 is 21.6 Å². The Labute approximate surface area is 111 Å². The maximum Gasteiger partial charge on any atom is 0.0511 e. The number of anilines is 1. The van der Waals surface area contributed by atoms with Crippen LogP contribution in [0.3, 0.4) is 0 Å². The number of fused-ring (bicyclic) bond motifs is 1. The van der Waals surface area contributed by atoms with E-state index in [1.807, 2.05) is 0 Å². The smallest absolute Gasteiger partial charge is 0.0511 e. The number of nitrogens with zero attached hydrogens (tertiary/aromatic N) is 2. The van der Waals surface area contributed by atoms with Gasteiger partial charge in [-0.3, -0.25) is 4.90 Å². The molecule has 1 N–H and O–H groups in total. The molecular formula is C13H18BrN3. The van der Waals surface area contributed by atoms with E-state index in [2.05, 4.69) is 55.3 Å². The molecule has 4 heteroatoms. The molecule has 17 heavy (non-hydrogen) atoms. The topological polar surface area (TPSA) is 18.5 Å². The van der Waals surface area contributed by atoms with E-state index in [9.17, 15) is 0 Å². The van der Waals surface area contributed by atoms with Crippen molar-refractivity contribution in [3.63, 3.8) is 0 Å². The van der Waals surface area contributed by atoms with Crippen molar-refractivity contribution in [2.75, 3.05) is 44.2 Å². The highest BCUT2D eigenvalue weighted by Crippen LogP contribution is 2.27. The van der Waals surface area contributed by atoms with Gasteiger partial charge in [-0.05, 0) is 28.1 Å². The van der Waals surface area contributed by atoms with E-state index in [1.54, 1.807) is 0 Å². The molecule has 2 aliphatic rings. The summed E-state index contributed by atoms with van der Waals surface area (Å²) in [5.74, 6) is 0. The van der Waals surface area contributed by atoms with Gasteiger partial charge in [0.2, 0.25) is 0 Å². The maximum absolute atomic E-state index is 3.65. The van der Waals surface area contributed by atoms with E-state index in [0.717, 1.165) is 26.2 Å². The Morgan fingerprint density at radius 3 is 2.94 bits per heavy atom. The van der Waals surface area contributed by atoms with Gasteiger partial charge in [0.15, 0.2) is 0 Å². The summed E-state index contributed by atoms with van der Waals surface area (Å²) in [7, 11) is 0. The molecule has 1 aromatic carbocycles. The van der Waals surface area contributed by atoms with E-state index in [0.29, 0.717) is 6.04 Å². The van der Waals surface area contributed by atoms with Crippen LogP contribution in [0.2, 0.25) is 0 Å². The molecule has 0 amide bonds. The van der Waals surface area contributed by atoms with Crippen molar-refractivity contribution in [2.24, 2.45) is 0 Å². The fraction of sp³-hybridized carbons (Fsp3) is 0.538. The number of hydrogen-bond acceptors (Lipinski definition) is 3. The summed E-state index contributed by atoms with van der Waals surface area (Å²) in [4.78, 5) is 5.11. The van der Waals surface area contributed by atoms with Crippen LogP contribution in [0.4, 0.5) is 5.69 Å². The van der Waals surface area contributed by atoms with Crippen LogP contribution in [0.15, 0.2) is 28.7 Å². The first-order valence-corrected chi connectivity index (χ1v) is 7.08. The lowest BCUT2D eigenvalue weighted by Crippen LogP contribution is -2.61. The zero-order chi connectivity index (χ0) is 11.7. The van der Waals surface area contributed by atoms with Crippen molar-refractivity contribution in [2.45, 2.75) is 6.04 Å². The van der Waals surface area contributed by atoms with Gasteiger partial charge in [0.05, 0.1) is 5.69 Å². The minimum atomic E-state index is 0.671. The molecule has 0 spiro atoms. The first-order valence-electron chi connectivity index (χ1n) is 6.29. The van der Waals surface area contributed by atoms with Gasteiger partial charge in [-0.1, -0.05) is 12.1 Å². The molecule has 0 aromatic heterocycles. The Kier molecular flexibility index (Phi) is 3.36. The SMILES string of the molecule is Brc1ccccc1N1CCN2CCNCC2C1. The van der Waals surface area contributed by atoms with Crippen LogP contribution < -0.4 is 10.2 Å². The largest absolute Gasteiger partial charge is 0.368 e. The summed E-state index contributed by atoms with van der Waals surface area (Å²) >= 11 is 3.65. The van der Waals surface area contributed by atoms with Gasteiger partial charge < -0.3 is 10.2 Å². The molecule has 2 saturated heterocycles. The normalized spacial score (nSPS) is 25.7. The standard InChI is InChI=1S/C13H18BrN3/c14-12-3-1-2-4-13(12)17-8-7-16-6-5-15-9-11(16)10-17/h1-4,11,15H,5-10H2. The third-order valence-corrected chi connectivity index (χ3v) is 4.42. The second kappa shape index (κ2) is 4.96. The number of para-hydroxylation sites is 1. The fourth-order valence-electron chi connectivity index (χ4n) is 2.80. The van der Waals surface area contributed by atoms with Crippen LogP contribution in [0.25, 0.3) is 0 Å². The number of nitrogens with one attached hydrogen (secondary N) is 1. The third-order valence-electron chi connectivity index (χ3n) is 3.75. The summed E-state index contributed by atoms with van der Waals surface area (Å²) in [5.41, 5.74) is 1.33. The monoisotopic (exact) mass is 295 g/mol. The van der Waals surface area contributed by atoms with Gasteiger partial charge in [-0.25, -0.2) is 0 Å². The lowest BCUT2D eigenvalue weighted by Gasteiger charge is -2.45. The Balaban J connectivity index is 1.76. The predicted octanol–water partition coefficient (Wildman–Crippen LogP) is 1.54. The van der Waals surface area contributed by atoms with Gasteiger partial charge in [-0.2, -0.15) is 0 Å². The highest BCUT2D eigenvalue weighted by molar-refractivity contribution is 9.10. The van der Waals surface area contributed by atoms with E-state index in [1.165, 1.54) is 23.2 Å². The van der Waals surface area contributed by atoms with E-state index < -0.39 is 0 Å². The predicted molar refractivity (Wildman–Crippen MR) is 74.6 cm³/mol. The second-order valence-corrected chi connectivity index (χ2v) is 5.65. The third kappa shape index (κ3) is 2.34. The summed E-state index contributed by atoms with van der Waals surface area (Å²) in [6.07, 6.45) is 0. The van der Waals surface area contributed by atoms with Crippen molar-refractivity contribution in [3.05, 3.63) is 28.7 Å². The Morgan fingerprint density at radius 1 is 1.18 bits per heavy atom. The fourth-order valence-corrected chi connectivity index (χ4v) is 3.33. The lowest BCUT2D eigenvalue weighted by atomic mass is 10.1. The first kappa shape index (κ1) is 11.5. The van der Waals surface area contributed by atoms with E-state index >= 15 is 0 Å². The van der Waals surface area contributed by atoms with Crippen molar-refractivity contribution in [1.29, 1.82) is 0 Å². The molecular weight excluding hydrogens is 278 g/mol. The molecule has 2 aliphatic heterocycles. The molecule has 2 fully saturated rings. The summed E-state index contributed by atoms with van der Waals surface area (Å²) in [5, 5.41) is 3.49. The highest BCUT2D eigenvalue weighted by atomic mass is 79.9. The quantitative estimate of drug-likeness (QED) is 0.848. The van der Waals surface area contributed by atoms with E-state index in [4.69, 9.17) is 0 Å². The minimum absolute atomic E-state index is 0.671. The van der Waals surface area contributed by atoms with Crippen LogP contribution in [-0.4, -0.2) is 50.2 Å². The lowest BCUT2D eigenvalue weighted by molar-refractivity contribution is 0.146. The van der Waals surface area contributed by atoms with E-state index in [-0.39, 0.29) is 0 Å². The number of rotatable bonds is 1. The molecule has 0 radical (unpaired) electrons. The van der Waals surface area contributed by atoms with Gasteiger partial charge in [0.1, 0.15) is 0 Å². The molecule has 0 aliphatic carbocycles. The van der Waals surface area contributed by atoms with Crippen molar-refractivity contribution in [1.82, 2.24) is 10.2 Å². The Hall–Kier alpha value is -0.580. The van der Waals surface area contributed by atoms with Crippen LogP contribution >= 0.6 is 15.9 Å². The second-order valence-electron chi connectivity index (χ2n) is 4.79. The molecule has 3 rings (SSSR count). The van der Waals surface area contributed by atoms with Gasteiger partial charge in [-0.15, -0.1) is 0 Å². The van der Waals surface area contributed by atoms with Crippen LogP contribution in [-0.2, 0) is 0 Å². The average molecular weight is 296 g/mol. The molecule has 0 saturated carbocycles. The van der Waals surface area contributed by atoms with Crippen LogP contribution in [0.5, 0.6) is 0 Å². The molecule has 1 aromatic rings. The molecule has 1 atom stereocenters. The first-order chi connectivity index (χ1) is 8.34. The Bertz CT molecular complexity index is 396. The maximum atomic E-state index is 3.65. The number of benzene rings is 1. The van der Waals surface area contributed by atoms with Gasteiger partial charge in [0.25, 0.3) is 0 Å². The zero-order valence-corrected chi connectivity index (χ0v) is 11.5. The summed E-state index contributed by atoms with van der Waals surface area (Å²) in [6.45, 7) is 6.93. The minimum Gasteiger partial charge on any atom is -0.368 e. The van der Waals surface area contributed by atoms with Crippen LogP contribution in [0, 0.1) is 0 Å². The van der Waals surface area contributed by atoms with Gasteiger partial charge >= 0.3 is 0 Å². The average Bonchev–Trinajstić information content (AvgIpc) is 2.39.